The number of hydrogen-bond acceptors (Lipinski definition) is 4. The van der Waals surface area contributed by atoms with Crippen molar-refractivity contribution in [2.24, 2.45) is 0 Å². The molecule has 2 unspecified atom stereocenters. The summed E-state index contributed by atoms with van der Waals surface area (Å²) in [7, 11) is -0.340. The molecule has 33 heavy (non-hydrogen) atoms. The lowest BCUT2D eigenvalue weighted by Crippen LogP contribution is -2.58. The molecule has 2 aromatic carbocycles. The highest BCUT2D eigenvalue weighted by Crippen LogP contribution is 2.41. The molecule has 3 aliphatic rings. The molecular formula is C28H38BNO3. The first-order chi connectivity index (χ1) is 15.6. The van der Waals surface area contributed by atoms with Gasteiger partial charge in [-0.15, -0.1) is 0 Å². The Bertz CT molecular complexity index is 929. The number of piperidine rings is 2. The number of aliphatic hydroxyl groups is 1. The molecule has 3 saturated heterocycles. The molecule has 0 aliphatic carbocycles. The Morgan fingerprint density at radius 2 is 1.42 bits per heavy atom. The lowest BCUT2D eigenvalue weighted by molar-refractivity contribution is -0.0946. The minimum absolute atomic E-state index is 0.336. The van der Waals surface area contributed by atoms with E-state index in [-0.39, 0.29) is 18.3 Å². The third-order valence-corrected chi connectivity index (χ3v) is 8.49. The average Bonchev–Trinajstić information content (AvgIpc) is 2.97. The first-order valence-corrected chi connectivity index (χ1v) is 12.6. The highest BCUT2D eigenvalue weighted by atomic mass is 16.7. The lowest BCUT2D eigenvalue weighted by Gasteiger charge is -2.52. The normalized spacial score (nSPS) is 31.0. The van der Waals surface area contributed by atoms with Gasteiger partial charge in [-0.05, 0) is 70.0 Å². The van der Waals surface area contributed by atoms with Gasteiger partial charge in [-0.25, -0.2) is 0 Å². The van der Waals surface area contributed by atoms with Gasteiger partial charge in [-0.1, -0.05) is 61.0 Å². The maximum atomic E-state index is 11.7. The van der Waals surface area contributed by atoms with E-state index in [1.54, 1.807) is 0 Å². The van der Waals surface area contributed by atoms with Gasteiger partial charge in [0.15, 0.2) is 0 Å². The molecule has 2 atom stereocenters. The molecule has 176 valence electrons. The van der Waals surface area contributed by atoms with Crippen LogP contribution in [0, 0.1) is 0 Å². The Kier molecular flexibility index (Phi) is 5.97. The summed E-state index contributed by atoms with van der Waals surface area (Å²) in [5.41, 5.74) is 2.30. The molecule has 1 N–H and O–H groups in total. The molecular weight excluding hydrogens is 409 g/mol. The van der Waals surface area contributed by atoms with Crippen LogP contribution in [0.25, 0.3) is 0 Å². The maximum Gasteiger partial charge on any atom is 0.494 e. The van der Waals surface area contributed by atoms with E-state index in [0.717, 1.165) is 24.8 Å². The van der Waals surface area contributed by atoms with Crippen molar-refractivity contribution in [2.75, 3.05) is 0 Å². The fraction of sp³-hybridized carbons (Fsp3) is 0.571. The fourth-order valence-electron chi connectivity index (χ4n) is 5.97. The van der Waals surface area contributed by atoms with Gasteiger partial charge in [0.2, 0.25) is 0 Å². The van der Waals surface area contributed by atoms with E-state index in [4.69, 9.17) is 9.31 Å². The second-order valence-corrected chi connectivity index (χ2v) is 11.5. The van der Waals surface area contributed by atoms with Crippen molar-refractivity contribution in [1.82, 2.24) is 4.90 Å². The van der Waals surface area contributed by atoms with E-state index in [9.17, 15) is 5.11 Å². The maximum absolute atomic E-state index is 11.7. The van der Waals surface area contributed by atoms with E-state index in [2.05, 4.69) is 87.2 Å². The molecule has 0 radical (unpaired) electrons. The van der Waals surface area contributed by atoms with E-state index < -0.39 is 5.60 Å². The van der Waals surface area contributed by atoms with Crippen molar-refractivity contribution in [3.63, 3.8) is 0 Å². The zero-order valence-corrected chi connectivity index (χ0v) is 20.6. The monoisotopic (exact) mass is 447 g/mol. The van der Waals surface area contributed by atoms with Crippen LogP contribution in [0.4, 0.5) is 0 Å². The van der Waals surface area contributed by atoms with E-state index >= 15 is 0 Å². The third kappa shape index (κ3) is 4.66. The minimum Gasteiger partial charge on any atom is -0.399 e. The summed E-state index contributed by atoms with van der Waals surface area (Å²) in [5.74, 6) is 0. The number of rotatable bonds is 5. The van der Waals surface area contributed by atoms with Gasteiger partial charge in [-0.3, -0.25) is 4.90 Å². The summed E-state index contributed by atoms with van der Waals surface area (Å²) in [4.78, 5) is 2.66. The quantitative estimate of drug-likeness (QED) is 0.687. The summed E-state index contributed by atoms with van der Waals surface area (Å²) in [6, 6.07) is 20.2. The van der Waals surface area contributed by atoms with Crippen LogP contribution in [0.2, 0.25) is 0 Å². The van der Waals surface area contributed by atoms with Gasteiger partial charge in [-0.2, -0.15) is 0 Å². The number of fused-ring (bicyclic) bond motifs is 2. The van der Waals surface area contributed by atoms with Crippen molar-refractivity contribution in [3.05, 3.63) is 65.7 Å². The van der Waals surface area contributed by atoms with Crippen LogP contribution < -0.4 is 5.46 Å². The predicted molar refractivity (Wildman–Crippen MR) is 133 cm³/mol. The molecule has 3 aliphatic heterocycles. The molecule has 2 aromatic rings. The predicted octanol–water partition coefficient (Wildman–Crippen LogP) is 4.48. The van der Waals surface area contributed by atoms with E-state index in [1.165, 1.54) is 30.4 Å². The number of nitrogens with zero attached hydrogens (tertiary/aromatic N) is 1. The summed E-state index contributed by atoms with van der Waals surface area (Å²) in [6.45, 7) is 9.32. The Labute approximate surface area is 199 Å². The highest BCUT2D eigenvalue weighted by Gasteiger charge is 2.51. The van der Waals surface area contributed by atoms with Crippen molar-refractivity contribution >= 4 is 12.6 Å². The van der Waals surface area contributed by atoms with Crippen LogP contribution in [0.3, 0.4) is 0 Å². The van der Waals surface area contributed by atoms with Crippen LogP contribution in [0.1, 0.15) is 70.9 Å². The molecule has 0 saturated carbocycles. The highest BCUT2D eigenvalue weighted by molar-refractivity contribution is 6.62. The SMILES string of the molecule is CC1(C)OB(c2ccc(CC3(O)CC4CCCC(C3)N4Cc3ccccc3)cc2)OC1(C)C. The summed E-state index contributed by atoms with van der Waals surface area (Å²) in [6.07, 6.45) is 6.08. The van der Waals surface area contributed by atoms with Gasteiger partial charge >= 0.3 is 7.12 Å². The molecule has 5 rings (SSSR count). The molecule has 2 bridgehead atoms. The number of benzene rings is 2. The van der Waals surface area contributed by atoms with Gasteiger partial charge in [0.1, 0.15) is 0 Å². The smallest absolute Gasteiger partial charge is 0.399 e. The van der Waals surface area contributed by atoms with Gasteiger partial charge < -0.3 is 14.4 Å². The first kappa shape index (κ1) is 23.1. The molecule has 0 spiro atoms. The molecule has 4 nitrogen and oxygen atoms in total. The molecule has 5 heteroatoms. The zero-order valence-electron chi connectivity index (χ0n) is 20.6. The van der Waals surface area contributed by atoms with Crippen LogP contribution in [0.15, 0.2) is 54.6 Å². The first-order valence-electron chi connectivity index (χ1n) is 12.6. The average molecular weight is 447 g/mol. The topological polar surface area (TPSA) is 41.9 Å². The molecule has 0 aromatic heterocycles. The Hall–Kier alpha value is -1.66. The largest absolute Gasteiger partial charge is 0.494 e. The second-order valence-electron chi connectivity index (χ2n) is 11.5. The molecule has 0 amide bonds. The molecule has 3 heterocycles. The van der Waals surface area contributed by atoms with Crippen LogP contribution >= 0.6 is 0 Å². The fourth-order valence-corrected chi connectivity index (χ4v) is 5.97. The van der Waals surface area contributed by atoms with Gasteiger partial charge in [0.05, 0.1) is 16.8 Å². The van der Waals surface area contributed by atoms with Crippen LogP contribution in [0.5, 0.6) is 0 Å². The zero-order chi connectivity index (χ0) is 23.3. The summed E-state index contributed by atoms with van der Waals surface area (Å²) < 4.78 is 12.4. The Morgan fingerprint density at radius 1 is 0.848 bits per heavy atom. The van der Waals surface area contributed by atoms with Crippen LogP contribution in [-0.2, 0) is 22.3 Å². The van der Waals surface area contributed by atoms with Gasteiger partial charge in [0, 0.05) is 25.0 Å². The Balaban J connectivity index is 1.25. The van der Waals surface area contributed by atoms with Gasteiger partial charge in [0.25, 0.3) is 0 Å². The second kappa shape index (κ2) is 8.53. The number of hydrogen-bond donors (Lipinski definition) is 1. The van der Waals surface area contributed by atoms with E-state index in [0.29, 0.717) is 18.5 Å². The summed E-state index contributed by atoms with van der Waals surface area (Å²) >= 11 is 0. The lowest BCUT2D eigenvalue weighted by atomic mass is 9.72. The van der Waals surface area contributed by atoms with E-state index in [1.807, 2.05) is 0 Å². The third-order valence-electron chi connectivity index (χ3n) is 8.49. The Morgan fingerprint density at radius 3 is 2.00 bits per heavy atom. The molecule has 3 fully saturated rings. The van der Waals surface area contributed by atoms with Crippen molar-refractivity contribution < 1.29 is 14.4 Å². The van der Waals surface area contributed by atoms with Crippen molar-refractivity contribution in [2.45, 2.75) is 102 Å². The van der Waals surface area contributed by atoms with Crippen molar-refractivity contribution in [3.8, 4) is 0 Å². The van der Waals surface area contributed by atoms with Crippen LogP contribution in [-0.4, -0.2) is 46.0 Å². The van der Waals surface area contributed by atoms with Crippen molar-refractivity contribution in [1.29, 1.82) is 0 Å². The minimum atomic E-state index is -0.630. The standard InChI is InChI=1S/C28H38BNO3/c1-26(2)27(3,4)33-29(32-26)23-15-13-21(14-16-23)17-28(31)18-24-11-8-12-25(19-28)30(24)20-22-9-6-5-7-10-22/h5-7,9-10,13-16,24-25,31H,8,11-12,17-20H2,1-4H3. The summed E-state index contributed by atoms with van der Waals surface area (Å²) in [5, 5.41) is 11.7.